The normalized spacial score (nSPS) is 11.5. The monoisotopic (exact) mass is 428 g/mol. The van der Waals surface area contributed by atoms with Gasteiger partial charge in [-0.2, -0.15) is 5.10 Å². The third-order valence-electron chi connectivity index (χ3n) is 4.80. The van der Waals surface area contributed by atoms with Crippen LogP contribution in [0.15, 0.2) is 91.5 Å². The summed E-state index contributed by atoms with van der Waals surface area (Å²) in [7, 11) is 0. The fraction of sp³-hybridized carbons (Fsp3) is 0.160. The van der Waals surface area contributed by atoms with Crippen LogP contribution in [0.25, 0.3) is 11.1 Å². The minimum Gasteiger partial charge on any atom is -0.492 e. The second-order valence-corrected chi connectivity index (χ2v) is 7.17. The highest BCUT2D eigenvalue weighted by atomic mass is 16.5. The Morgan fingerprint density at radius 2 is 1.75 bits per heavy atom. The summed E-state index contributed by atoms with van der Waals surface area (Å²) in [4.78, 5) is 16.5. The van der Waals surface area contributed by atoms with Crippen LogP contribution in [0.1, 0.15) is 6.92 Å². The molecule has 4 aromatic rings. The van der Waals surface area contributed by atoms with Crippen LogP contribution >= 0.6 is 0 Å². The molecule has 0 saturated heterocycles. The number of ether oxygens (including phenoxy) is 2. The Kier molecular flexibility index (Phi) is 6.77. The van der Waals surface area contributed by atoms with Crippen LogP contribution in [0.4, 0.5) is 5.69 Å². The molecule has 1 heterocycles. The quantitative estimate of drug-likeness (QED) is 0.427. The zero-order valence-electron chi connectivity index (χ0n) is 17.7. The van der Waals surface area contributed by atoms with Crippen LogP contribution in [-0.2, 0) is 11.3 Å². The van der Waals surface area contributed by atoms with Crippen LogP contribution in [0, 0.1) is 0 Å². The van der Waals surface area contributed by atoms with Gasteiger partial charge in [0.25, 0.3) is 5.91 Å². The number of hydrogen-bond acceptors (Lipinski definition) is 5. The summed E-state index contributed by atoms with van der Waals surface area (Å²) in [5.74, 6) is 1.06. The van der Waals surface area contributed by atoms with Crippen LogP contribution in [0.3, 0.4) is 0 Å². The molecule has 0 spiro atoms. The molecule has 7 nitrogen and oxygen atoms in total. The first kappa shape index (κ1) is 21.1. The number of amides is 1. The summed E-state index contributed by atoms with van der Waals surface area (Å²) >= 11 is 0. The average Bonchev–Trinajstić information content (AvgIpc) is 3.34. The van der Waals surface area contributed by atoms with E-state index in [1.807, 2.05) is 60.7 Å². The van der Waals surface area contributed by atoms with E-state index in [9.17, 15) is 4.79 Å². The van der Waals surface area contributed by atoms with E-state index in [1.54, 1.807) is 24.0 Å². The smallest absolute Gasteiger partial charge is 0.265 e. The molecule has 0 radical (unpaired) electrons. The number of hydrogen-bond donors (Lipinski definition) is 1. The fourth-order valence-electron chi connectivity index (χ4n) is 3.13. The maximum Gasteiger partial charge on any atom is 0.265 e. The summed E-state index contributed by atoms with van der Waals surface area (Å²) in [5.41, 5.74) is 2.87. The van der Waals surface area contributed by atoms with Crippen molar-refractivity contribution in [2.24, 2.45) is 0 Å². The van der Waals surface area contributed by atoms with Crippen LogP contribution in [-0.4, -0.2) is 33.4 Å². The van der Waals surface area contributed by atoms with Crippen molar-refractivity contribution in [3.63, 3.8) is 0 Å². The number of rotatable bonds is 9. The third-order valence-corrected chi connectivity index (χ3v) is 4.80. The maximum atomic E-state index is 12.6. The molecule has 0 bridgehead atoms. The topological polar surface area (TPSA) is 78.3 Å². The van der Waals surface area contributed by atoms with Gasteiger partial charge >= 0.3 is 0 Å². The minimum absolute atomic E-state index is 0.239. The van der Waals surface area contributed by atoms with Crippen molar-refractivity contribution in [2.75, 3.05) is 11.9 Å². The molecule has 1 atom stereocenters. The summed E-state index contributed by atoms with van der Waals surface area (Å²) in [6.45, 7) is 2.75. The predicted octanol–water partition coefficient (Wildman–Crippen LogP) is 4.43. The van der Waals surface area contributed by atoms with Crippen LogP contribution in [0.5, 0.6) is 11.5 Å². The molecule has 7 heteroatoms. The van der Waals surface area contributed by atoms with Crippen molar-refractivity contribution in [3.8, 4) is 22.6 Å². The van der Waals surface area contributed by atoms with Crippen molar-refractivity contribution >= 4 is 11.6 Å². The Morgan fingerprint density at radius 1 is 0.969 bits per heavy atom. The maximum absolute atomic E-state index is 12.6. The molecule has 0 unspecified atom stereocenters. The molecule has 1 aromatic heterocycles. The van der Waals surface area contributed by atoms with Gasteiger partial charge in [0.1, 0.15) is 30.8 Å². The van der Waals surface area contributed by atoms with Crippen molar-refractivity contribution < 1.29 is 14.3 Å². The van der Waals surface area contributed by atoms with Crippen molar-refractivity contribution in [1.82, 2.24) is 14.8 Å². The number of aromatic nitrogens is 3. The number of anilines is 1. The molecule has 1 amide bonds. The summed E-state index contributed by atoms with van der Waals surface area (Å²) in [6.07, 6.45) is 2.46. The van der Waals surface area contributed by atoms with Crippen molar-refractivity contribution in [1.29, 1.82) is 0 Å². The first-order valence-electron chi connectivity index (χ1n) is 10.4. The summed E-state index contributed by atoms with van der Waals surface area (Å²) < 4.78 is 13.2. The lowest BCUT2D eigenvalue weighted by Gasteiger charge is -2.15. The summed E-state index contributed by atoms with van der Waals surface area (Å²) in [5, 5.41) is 6.90. The molecule has 32 heavy (non-hydrogen) atoms. The van der Waals surface area contributed by atoms with E-state index < -0.39 is 6.10 Å². The molecule has 162 valence electrons. The molecule has 4 rings (SSSR count). The Labute approximate surface area is 186 Å². The van der Waals surface area contributed by atoms with E-state index in [2.05, 4.69) is 27.5 Å². The van der Waals surface area contributed by atoms with Gasteiger partial charge in [-0.1, -0.05) is 48.5 Å². The first-order chi connectivity index (χ1) is 15.7. The molecule has 0 aliphatic rings. The molecule has 3 aromatic carbocycles. The third kappa shape index (κ3) is 5.72. The molecule has 0 aliphatic carbocycles. The fourth-order valence-corrected chi connectivity index (χ4v) is 3.13. The standard InChI is InChI=1S/C25H24N4O3/c1-19(32-23-12-10-21(11-13-23)20-6-3-2-4-7-20)25(30)28-22-8-5-9-24(16-22)31-15-14-29-18-26-17-27-29/h2-13,16-19H,14-15H2,1H3,(H,28,30)/t19-/m1/s1. The van der Waals surface area contributed by atoms with E-state index in [0.717, 1.165) is 11.1 Å². The van der Waals surface area contributed by atoms with Gasteiger partial charge in [0.05, 0.1) is 6.54 Å². The average molecular weight is 428 g/mol. The van der Waals surface area contributed by atoms with Gasteiger partial charge in [-0.25, -0.2) is 9.67 Å². The van der Waals surface area contributed by atoms with Gasteiger partial charge in [0.15, 0.2) is 6.10 Å². The highest BCUT2D eigenvalue weighted by molar-refractivity contribution is 5.94. The van der Waals surface area contributed by atoms with Crippen molar-refractivity contribution in [2.45, 2.75) is 19.6 Å². The number of nitrogens with zero attached hydrogens (tertiary/aromatic N) is 3. The van der Waals surface area contributed by atoms with Crippen molar-refractivity contribution in [3.05, 3.63) is 91.5 Å². The van der Waals surface area contributed by atoms with E-state index in [4.69, 9.17) is 9.47 Å². The Bertz CT molecular complexity index is 1130. The highest BCUT2D eigenvalue weighted by Gasteiger charge is 2.15. The number of carbonyl (C=O) groups excluding carboxylic acids is 1. The van der Waals surface area contributed by atoms with Gasteiger partial charge in [-0.15, -0.1) is 0 Å². The number of carbonyl (C=O) groups is 1. The molecule has 0 aliphatic heterocycles. The predicted molar refractivity (Wildman–Crippen MR) is 123 cm³/mol. The van der Waals surface area contributed by atoms with Crippen LogP contribution in [0.2, 0.25) is 0 Å². The van der Waals surface area contributed by atoms with E-state index >= 15 is 0 Å². The van der Waals surface area contributed by atoms with Gasteiger partial charge in [-0.05, 0) is 42.3 Å². The largest absolute Gasteiger partial charge is 0.492 e. The van der Waals surface area contributed by atoms with Crippen LogP contribution < -0.4 is 14.8 Å². The Balaban J connectivity index is 1.29. The second-order valence-electron chi connectivity index (χ2n) is 7.17. The lowest BCUT2D eigenvalue weighted by Crippen LogP contribution is -2.30. The van der Waals surface area contributed by atoms with E-state index in [1.165, 1.54) is 6.33 Å². The lowest BCUT2D eigenvalue weighted by atomic mass is 10.1. The zero-order chi connectivity index (χ0) is 22.2. The molecule has 0 fully saturated rings. The number of benzene rings is 3. The van der Waals surface area contributed by atoms with Gasteiger partial charge in [0.2, 0.25) is 0 Å². The first-order valence-corrected chi connectivity index (χ1v) is 10.4. The zero-order valence-corrected chi connectivity index (χ0v) is 17.7. The summed E-state index contributed by atoms with van der Waals surface area (Å²) in [6, 6.07) is 25.1. The van der Waals surface area contributed by atoms with E-state index in [0.29, 0.717) is 30.3 Å². The van der Waals surface area contributed by atoms with E-state index in [-0.39, 0.29) is 5.91 Å². The number of nitrogens with one attached hydrogen (secondary N) is 1. The lowest BCUT2D eigenvalue weighted by molar-refractivity contribution is -0.122. The minimum atomic E-state index is -0.658. The Morgan fingerprint density at radius 3 is 2.50 bits per heavy atom. The molecule has 1 N–H and O–H groups in total. The highest BCUT2D eigenvalue weighted by Crippen LogP contribution is 2.23. The molecule has 0 saturated carbocycles. The molecular formula is C25H24N4O3. The van der Waals surface area contributed by atoms with Gasteiger partial charge < -0.3 is 14.8 Å². The second kappa shape index (κ2) is 10.3. The SMILES string of the molecule is C[C@@H](Oc1ccc(-c2ccccc2)cc1)C(=O)Nc1cccc(OCCn2cncn2)c1. The Hall–Kier alpha value is -4.13. The van der Waals surface area contributed by atoms with Gasteiger partial charge in [0, 0.05) is 11.8 Å². The van der Waals surface area contributed by atoms with Gasteiger partial charge in [-0.3, -0.25) is 4.79 Å². The molecular weight excluding hydrogens is 404 g/mol.